The van der Waals surface area contributed by atoms with Crippen molar-refractivity contribution in [1.82, 2.24) is 0 Å². The van der Waals surface area contributed by atoms with E-state index in [9.17, 15) is 40.2 Å². The summed E-state index contributed by atoms with van der Waals surface area (Å²) in [5.41, 5.74) is -1.07. The molecule has 44 heavy (non-hydrogen) atoms. The van der Waals surface area contributed by atoms with E-state index in [4.69, 9.17) is 8.83 Å². The molecule has 0 spiro atoms. The molecule has 0 atom stereocenters. The van der Waals surface area contributed by atoms with Gasteiger partial charge in [0.05, 0.1) is 5.56 Å². The molecule has 0 saturated heterocycles. The summed E-state index contributed by atoms with van der Waals surface area (Å²) in [6, 6.07) is 15.4. The van der Waals surface area contributed by atoms with Gasteiger partial charge in [0.25, 0.3) is 0 Å². The quantitative estimate of drug-likeness (QED) is 0.103. The van der Waals surface area contributed by atoms with Crippen molar-refractivity contribution in [3.05, 3.63) is 93.2 Å². The molecule has 0 aliphatic heterocycles. The van der Waals surface area contributed by atoms with Crippen LogP contribution in [0.1, 0.15) is 5.71 Å². The van der Waals surface area contributed by atoms with Gasteiger partial charge in [-0.3, -0.25) is 9.59 Å². The van der Waals surface area contributed by atoms with Gasteiger partial charge in [-0.2, -0.15) is 0 Å². The van der Waals surface area contributed by atoms with E-state index in [0.717, 1.165) is 30.3 Å². The molecule has 6 rings (SSSR count). The van der Waals surface area contributed by atoms with Crippen molar-refractivity contribution < 1.29 is 163 Å². The van der Waals surface area contributed by atoms with E-state index in [0.29, 0.717) is 5.56 Å². The predicted octanol–water partition coefficient (Wildman–Crippen LogP) is -6.40. The van der Waals surface area contributed by atoms with E-state index < -0.39 is 28.1 Å². The van der Waals surface area contributed by atoms with Crippen LogP contribution in [0.25, 0.3) is 55.7 Å². The molecule has 0 amide bonds. The third-order valence-corrected chi connectivity index (χ3v) is 6.47. The van der Waals surface area contributed by atoms with E-state index >= 15 is 0 Å². The van der Waals surface area contributed by atoms with E-state index in [1.165, 1.54) is 42.5 Å². The molecule has 0 aliphatic carbocycles. The fraction of sp³-hybridized carbons (Fsp3) is 0. The number of rotatable bonds is 3. The molecule has 14 heteroatoms. The minimum atomic E-state index is -0.650. The Labute approximate surface area is 342 Å². The molecule has 0 radical (unpaired) electrons. The smallest absolute Gasteiger partial charge is 1.00 e. The van der Waals surface area contributed by atoms with Crippen molar-refractivity contribution in [1.29, 1.82) is 0 Å². The largest absolute Gasteiger partial charge is 1.00 e. The molecular weight excluding hydrogens is 612 g/mol. The topological polar surface area (TPSA) is 182 Å². The summed E-state index contributed by atoms with van der Waals surface area (Å²) in [5.74, 6) is -2.15. The minimum Gasteiger partial charge on any atom is -1.00 e. The molecule has 2 heterocycles. The average molecular weight is 634 g/mol. The monoisotopic (exact) mass is 634 g/mol. The first-order valence-corrected chi connectivity index (χ1v) is 11.8. The summed E-state index contributed by atoms with van der Waals surface area (Å²) in [7, 11) is 0. The molecule has 206 valence electrons. The van der Waals surface area contributed by atoms with Gasteiger partial charge in [-0.15, -0.1) is 0 Å². The molecule has 10 nitrogen and oxygen atoms in total. The normalized spacial score (nSPS) is 10.3. The summed E-state index contributed by atoms with van der Waals surface area (Å²) < 4.78 is 11.5. The van der Waals surface area contributed by atoms with Crippen LogP contribution in [-0.2, 0) is 0 Å². The molecular formula is C30H22Na4O10. The van der Waals surface area contributed by atoms with Gasteiger partial charge in [-0.05, 0) is 42.5 Å². The Morgan fingerprint density at radius 1 is 0.500 bits per heavy atom. The first kappa shape index (κ1) is 38.3. The number of hydrogen-bond donors (Lipinski definition) is 6. The Balaban J connectivity index is -0.00000253. The van der Waals surface area contributed by atoms with Crippen LogP contribution in [-0.4, -0.2) is 30.6 Å². The summed E-state index contributed by atoms with van der Waals surface area (Å²) in [6.07, 6.45) is 0. The Morgan fingerprint density at radius 2 is 1.05 bits per heavy atom. The first-order chi connectivity index (χ1) is 19.1. The van der Waals surface area contributed by atoms with Gasteiger partial charge in [0.15, 0.2) is 10.9 Å². The maximum Gasteiger partial charge on any atom is 1.00 e. The second-order valence-electron chi connectivity index (χ2n) is 9.06. The molecule has 6 N–H and O–H groups in total. The van der Waals surface area contributed by atoms with Gasteiger partial charge >= 0.3 is 118 Å². The molecule has 0 fully saturated rings. The van der Waals surface area contributed by atoms with Crippen molar-refractivity contribution in [2.75, 3.05) is 0 Å². The minimum absolute atomic E-state index is 0. The zero-order valence-electron chi connectivity index (χ0n) is 28.2. The van der Waals surface area contributed by atoms with Crippen LogP contribution >= 0.6 is 0 Å². The predicted molar refractivity (Wildman–Crippen MR) is 149 cm³/mol. The van der Waals surface area contributed by atoms with Gasteiger partial charge < -0.3 is 45.2 Å². The molecule has 2 aromatic heterocycles. The number of fused-ring (bicyclic) bond motifs is 2. The van der Waals surface area contributed by atoms with Crippen molar-refractivity contribution in [3.8, 4) is 68.3 Å². The summed E-state index contributed by atoms with van der Waals surface area (Å²) >= 11 is 0. The van der Waals surface area contributed by atoms with Gasteiger partial charge in [0.1, 0.15) is 68.0 Å². The number of phenolic OH excluding ortho intramolecular Hbond substituents is 6. The van der Waals surface area contributed by atoms with Gasteiger partial charge in [0.2, 0.25) is 0 Å². The van der Waals surface area contributed by atoms with E-state index in [1.54, 1.807) is 0 Å². The molecule has 6 aromatic rings. The van der Waals surface area contributed by atoms with Gasteiger partial charge in [-0.1, -0.05) is 0 Å². The molecule has 0 saturated carbocycles. The van der Waals surface area contributed by atoms with Crippen molar-refractivity contribution in [2.45, 2.75) is 0 Å². The van der Waals surface area contributed by atoms with Gasteiger partial charge in [0, 0.05) is 47.0 Å². The van der Waals surface area contributed by atoms with E-state index in [2.05, 4.69) is 0 Å². The number of benzene rings is 4. The van der Waals surface area contributed by atoms with E-state index in [1.807, 2.05) is 0 Å². The number of phenols is 6. The van der Waals surface area contributed by atoms with Crippen molar-refractivity contribution >= 4 is 21.9 Å². The second kappa shape index (κ2) is 15.1. The van der Waals surface area contributed by atoms with Gasteiger partial charge in [-0.25, -0.2) is 0 Å². The Kier molecular flexibility index (Phi) is 13.2. The van der Waals surface area contributed by atoms with Crippen LogP contribution in [0.4, 0.5) is 0 Å². The molecule has 4 aromatic carbocycles. The number of aromatic hydroxyl groups is 6. The maximum absolute atomic E-state index is 13.0. The second-order valence-corrected chi connectivity index (χ2v) is 9.06. The standard InChI is InChI=1S/C30H18O10.4Na.4H/c31-15-4-1-13(2-5-15)23-11-22(37)29-26(39-23)12-20(35)27(30(29)38)17-7-14(3-6-18(17)33)24-10-21(36)28-19(34)8-16(32)9-25(28)40-24;;;;;;;;/h1-12,31-35,38H;;;;;;;;/q;4*+1;4*-1. The van der Waals surface area contributed by atoms with Crippen molar-refractivity contribution in [2.24, 2.45) is 0 Å². The van der Waals surface area contributed by atoms with Crippen LogP contribution in [0.3, 0.4) is 0 Å². The maximum atomic E-state index is 13.0. The fourth-order valence-corrected chi connectivity index (χ4v) is 4.61. The molecule has 0 aliphatic rings. The molecule has 0 bridgehead atoms. The van der Waals surface area contributed by atoms with E-state index in [-0.39, 0.29) is 191 Å². The van der Waals surface area contributed by atoms with Crippen LogP contribution in [0.5, 0.6) is 34.5 Å². The number of hydrogen-bond acceptors (Lipinski definition) is 10. The molecule has 0 unspecified atom stereocenters. The fourth-order valence-electron chi connectivity index (χ4n) is 4.61. The zero-order valence-corrected chi connectivity index (χ0v) is 32.2. The van der Waals surface area contributed by atoms with Crippen LogP contribution in [0.15, 0.2) is 91.2 Å². The first-order valence-electron chi connectivity index (χ1n) is 11.8. The van der Waals surface area contributed by atoms with Crippen LogP contribution in [0, 0.1) is 0 Å². The van der Waals surface area contributed by atoms with Crippen LogP contribution in [0.2, 0.25) is 0 Å². The Morgan fingerprint density at radius 3 is 1.68 bits per heavy atom. The summed E-state index contributed by atoms with van der Waals surface area (Å²) in [6.45, 7) is 0. The summed E-state index contributed by atoms with van der Waals surface area (Å²) in [5, 5.41) is 61.6. The third-order valence-electron chi connectivity index (χ3n) is 6.47. The SMILES string of the molecule is O=c1cc(-c2ccc(O)c(-c3c(O)cc4oc(-c5ccc(O)cc5)cc(=O)c4c3O)c2)oc2cc(O)cc(O)c12.[H-].[H-].[H-].[H-].[Na+].[Na+].[Na+].[Na+]. The average Bonchev–Trinajstić information content (AvgIpc) is 2.89. The summed E-state index contributed by atoms with van der Waals surface area (Å²) in [4.78, 5) is 25.7. The van der Waals surface area contributed by atoms with Crippen molar-refractivity contribution in [3.63, 3.8) is 0 Å². The Bertz CT molecular complexity index is 2140. The zero-order chi connectivity index (χ0) is 28.3. The van der Waals surface area contributed by atoms with Crippen LogP contribution < -0.4 is 129 Å². The third kappa shape index (κ3) is 7.07. The Hall–Kier alpha value is -1.90.